The summed E-state index contributed by atoms with van der Waals surface area (Å²) in [6, 6.07) is 30.0. The average molecular weight is 1170 g/mol. The Kier molecular flexibility index (Phi) is 26.3. The van der Waals surface area contributed by atoms with Crippen molar-refractivity contribution in [3.8, 4) is 22.7 Å². The van der Waals surface area contributed by atoms with Crippen LogP contribution in [0.5, 0.6) is 0 Å². The lowest BCUT2D eigenvalue weighted by atomic mass is 9.81. The zero-order valence-corrected chi connectivity index (χ0v) is 49.0. The molecule has 0 saturated heterocycles. The van der Waals surface area contributed by atoms with Crippen molar-refractivity contribution in [3.05, 3.63) is 210 Å². The highest BCUT2D eigenvalue weighted by molar-refractivity contribution is 6.58. The van der Waals surface area contributed by atoms with Gasteiger partial charge in [-0.1, -0.05) is 18.2 Å². The number of carbonyl (C=O) groups excluding carboxylic acids is 4. The number of hydrogen-bond acceptors (Lipinski definition) is 20. The van der Waals surface area contributed by atoms with Crippen LogP contribution < -0.4 is 5.46 Å². The van der Waals surface area contributed by atoms with Gasteiger partial charge in [-0.05, 0) is 159 Å². The molecule has 0 unspecified atom stereocenters. The minimum absolute atomic E-state index is 0.152. The van der Waals surface area contributed by atoms with Crippen LogP contribution in [-0.4, -0.2) is 150 Å². The van der Waals surface area contributed by atoms with Crippen LogP contribution in [0.4, 0.5) is 0 Å². The summed E-state index contributed by atoms with van der Waals surface area (Å²) in [6.45, 7) is 18.3. The first-order chi connectivity index (χ1) is 41.4. The molecule has 1 aliphatic rings. The van der Waals surface area contributed by atoms with E-state index in [4.69, 9.17) is 34.1 Å². The maximum absolute atomic E-state index is 11.8. The Labute approximate surface area is 496 Å². The lowest BCUT2D eigenvalue weighted by molar-refractivity contribution is -0.138. The molecule has 0 saturated carbocycles. The fraction of sp³-hybridized carbons (Fsp3) is 0.233. The number of carboxylic acids is 1. The van der Waals surface area contributed by atoms with Gasteiger partial charge in [0.25, 0.3) is 0 Å². The second kappa shape index (κ2) is 34.1. The summed E-state index contributed by atoms with van der Waals surface area (Å²) in [5.74, 6) is -2.36. The third kappa shape index (κ3) is 20.1. The summed E-state index contributed by atoms with van der Waals surface area (Å²) in [6.07, 6.45) is 14.6. The van der Waals surface area contributed by atoms with Crippen molar-refractivity contribution in [2.24, 2.45) is 4.99 Å². The number of benzene rings is 1. The summed E-state index contributed by atoms with van der Waals surface area (Å²) in [4.78, 5) is 76.5. The number of aliphatic imine (C=N–C) groups is 1. The summed E-state index contributed by atoms with van der Waals surface area (Å²) in [5, 5.41) is 43.0. The Morgan fingerprint density at radius 1 is 0.465 bits per heavy atom. The van der Waals surface area contributed by atoms with Gasteiger partial charge >= 0.3 is 37.0 Å². The van der Waals surface area contributed by atoms with Crippen molar-refractivity contribution in [1.82, 2.24) is 59.1 Å². The molecule has 86 heavy (non-hydrogen) atoms. The second-order valence-electron chi connectivity index (χ2n) is 17.8. The van der Waals surface area contributed by atoms with Crippen LogP contribution >= 0.6 is 0 Å². The van der Waals surface area contributed by atoms with E-state index in [1.807, 2.05) is 58.0 Å². The Bertz CT molecular complexity index is 3570. The Hall–Kier alpha value is -10.6. The third-order valence-corrected chi connectivity index (χ3v) is 11.2. The normalized spacial score (nSPS) is 10.8. The Morgan fingerprint density at radius 3 is 1.21 bits per heavy atom. The van der Waals surface area contributed by atoms with Gasteiger partial charge in [-0.2, -0.15) is 20.4 Å². The van der Waals surface area contributed by atoms with Crippen molar-refractivity contribution in [1.29, 1.82) is 0 Å². The number of aryl methyl sites for hydroxylation is 4. The van der Waals surface area contributed by atoms with Gasteiger partial charge in [-0.25, -0.2) is 42.7 Å². The maximum Gasteiger partial charge on any atom is 0.488 e. The van der Waals surface area contributed by atoms with Crippen LogP contribution in [0, 0.1) is 27.7 Å². The molecule has 25 nitrogen and oxygen atoms in total. The maximum atomic E-state index is 11.8. The number of carboxylic acid groups (broad SMARTS) is 1. The quantitative estimate of drug-likeness (QED) is 0.0569. The molecule has 0 fully saturated rings. The van der Waals surface area contributed by atoms with Crippen LogP contribution in [0.2, 0.25) is 0 Å². The standard InChI is InChI=1S/C13H14N2O2.2C12H13N3O2.C10H9N3O2.C8H11NO2.C5H6BNO2/c1-3-17-13(16)12-9-10(2)15(14-12)11-7-5-4-6-8-11;2*1-3-17-12(16)11-8-9(2)14-15(11)10-4-6-13-7-5-10;1-7-6-9(10(14)15)13(12-7)8-2-4-11-5-3-8;1-3-11-8(10)7-4-6(2)9-5-7;8-6(9)5-1-3-7-4-2-5/h4-9H,3H2,1-2H3;2*4-8H,3H2,1-2H3;2-6H,1H3,(H,14,15);4H,3,5H2,1-2H3;1-4,8-9H. The smallest absolute Gasteiger partial charge is 0.477 e. The second-order valence-corrected chi connectivity index (χ2v) is 17.8. The molecule has 1 aliphatic heterocycles. The summed E-state index contributed by atoms with van der Waals surface area (Å²) >= 11 is 0. The molecular weight excluding hydrogens is 1110 g/mol. The number of pyridine rings is 4. The predicted octanol–water partition coefficient (Wildman–Crippen LogP) is 6.85. The van der Waals surface area contributed by atoms with Crippen LogP contribution in [0.1, 0.15) is 99.3 Å². The van der Waals surface area contributed by atoms with E-state index in [1.165, 1.54) is 23.1 Å². The molecule has 1 aromatic carbocycles. The minimum atomic E-state index is -1.38. The van der Waals surface area contributed by atoms with Crippen molar-refractivity contribution in [2.75, 3.05) is 33.0 Å². The number of ether oxygens (including phenoxy) is 4. The predicted molar refractivity (Wildman–Crippen MR) is 318 cm³/mol. The van der Waals surface area contributed by atoms with Crippen LogP contribution in [0.3, 0.4) is 0 Å². The topological polar surface area (TPSA) is 318 Å². The fourth-order valence-corrected chi connectivity index (χ4v) is 7.44. The number of hydrogen-bond donors (Lipinski definition) is 3. The number of allylic oxidation sites excluding steroid dienone is 1. The molecule has 0 atom stereocenters. The van der Waals surface area contributed by atoms with E-state index in [2.05, 4.69) is 45.3 Å². The molecule has 9 aromatic rings. The van der Waals surface area contributed by atoms with Gasteiger partial charge in [0.1, 0.15) is 0 Å². The molecule has 3 N–H and O–H groups in total. The highest BCUT2D eigenvalue weighted by atomic mass is 16.5. The number of aromatic nitrogens is 12. The van der Waals surface area contributed by atoms with Crippen LogP contribution in [-0.2, 0) is 23.7 Å². The van der Waals surface area contributed by atoms with E-state index in [0.717, 1.165) is 39.9 Å². The number of para-hydroxylation sites is 1. The van der Waals surface area contributed by atoms with Gasteiger partial charge in [0, 0.05) is 61.0 Å². The fourth-order valence-electron chi connectivity index (χ4n) is 7.44. The van der Waals surface area contributed by atoms with Gasteiger partial charge < -0.3 is 34.1 Å². The van der Waals surface area contributed by atoms with E-state index in [1.54, 1.807) is 159 Å². The summed E-state index contributed by atoms with van der Waals surface area (Å²) < 4.78 is 25.9. The molecular formula is C60H66BN13O12. The molecule has 10 rings (SSSR count). The molecule has 0 spiro atoms. The van der Waals surface area contributed by atoms with Gasteiger partial charge in [0.2, 0.25) is 0 Å². The lowest BCUT2D eigenvalue weighted by Gasteiger charge is -2.05. The minimum Gasteiger partial charge on any atom is -0.477 e. The number of nitrogens with zero attached hydrogens (tertiary/aromatic N) is 13. The van der Waals surface area contributed by atoms with Crippen LogP contribution in [0.15, 0.2) is 169 Å². The highest BCUT2D eigenvalue weighted by Crippen LogP contribution is 2.16. The molecule has 446 valence electrons. The monoisotopic (exact) mass is 1170 g/mol. The first-order valence-electron chi connectivity index (χ1n) is 26.8. The summed E-state index contributed by atoms with van der Waals surface area (Å²) in [5.41, 5.74) is 9.67. The molecule has 8 aromatic heterocycles. The first-order valence-corrected chi connectivity index (χ1v) is 26.8. The highest BCUT2D eigenvalue weighted by Gasteiger charge is 2.19. The SMILES string of the molecule is CCOC(=O)C1=CC(C)=NC1.CCOC(=O)c1cc(C)n(-c2ccccc2)n1.CCOC(=O)c1cc(C)nn1-c1ccncc1.CCOC(=O)c1cc(C)nn1-c1ccncc1.Cc1cc(C(=O)O)n(-c2ccncc2)n1.OB(O)c1ccncc1. The van der Waals surface area contributed by atoms with Crippen molar-refractivity contribution in [2.45, 2.75) is 62.3 Å². The van der Waals surface area contributed by atoms with E-state index in [-0.39, 0.29) is 29.6 Å². The third-order valence-electron chi connectivity index (χ3n) is 11.2. The Balaban J connectivity index is 0.000000191. The molecule has 0 aliphatic carbocycles. The molecule has 0 radical (unpaired) electrons. The Morgan fingerprint density at radius 2 is 0.837 bits per heavy atom. The zero-order valence-electron chi connectivity index (χ0n) is 49.0. The van der Waals surface area contributed by atoms with Crippen molar-refractivity contribution < 1.29 is 58.1 Å². The van der Waals surface area contributed by atoms with E-state index >= 15 is 0 Å². The van der Waals surface area contributed by atoms with Crippen molar-refractivity contribution in [3.63, 3.8) is 0 Å². The number of esters is 4. The van der Waals surface area contributed by atoms with Gasteiger partial charge in [0.15, 0.2) is 22.8 Å². The number of aromatic carboxylic acids is 1. The number of rotatable bonds is 14. The van der Waals surface area contributed by atoms with E-state index < -0.39 is 13.1 Å². The molecule has 26 heteroatoms. The molecule has 0 amide bonds. The van der Waals surface area contributed by atoms with Gasteiger partial charge in [-0.15, -0.1) is 0 Å². The number of carbonyl (C=O) groups is 5. The lowest BCUT2D eigenvalue weighted by Crippen LogP contribution is -2.29. The zero-order chi connectivity index (χ0) is 62.5. The largest absolute Gasteiger partial charge is 0.488 e. The van der Waals surface area contributed by atoms with E-state index in [9.17, 15) is 24.0 Å². The summed E-state index contributed by atoms with van der Waals surface area (Å²) in [7, 11) is -1.38. The molecule has 0 bridgehead atoms. The molecule has 9 heterocycles. The average Bonchev–Trinajstić information content (AvgIpc) is 3.04. The van der Waals surface area contributed by atoms with E-state index in [0.29, 0.717) is 72.5 Å². The van der Waals surface area contributed by atoms with Gasteiger partial charge in [-0.3, -0.25) is 24.9 Å². The van der Waals surface area contributed by atoms with Crippen molar-refractivity contribution >= 4 is 48.1 Å². The van der Waals surface area contributed by atoms with Gasteiger partial charge in [0.05, 0.1) is 78.4 Å². The first kappa shape index (κ1) is 66.2. The van der Waals surface area contributed by atoms with Crippen LogP contribution in [0.25, 0.3) is 22.7 Å².